The fraction of sp³-hybridized carbons (Fsp3) is 0.300. The number of carbonyl (C=O) groups is 6. The lowest BCUT2D eigenvalue weighted by Crippen LogP contribution is -2.52. The van der Waals surface area contributed by atoms with Crippen molar-refractivity contribution < 1.29 is 33.9 Å². The zero-order chi connectivity index (χ0) is 35.6. The first-order valence-electron chi connectivity index (χ1n) is 16.3. The number of nitrogens with one attached hydrogen (secondary N) is 2. The van der Waals surface area contributed by atoms with E-state index in [0.29, 0.717) is 0 Å². The molecule has 0 saturated carbocycles. The minimum absolute atomic E-state index is 0.0261. The van der Waals surface area contributed by atoms with Gasteiger partial charge in [-0.2, -0.15) is 0 Å². The van der Waals surface area contributed by atoms with Crippen molar-refractivity contribution in [1.29, 1.82) is 0 Å². The van der Waals surface area contributed by atoms with Crippen molar-refractivity contribution in [2.75, 3.05) is 0 Å². The molecule has 0 heterocycles. The van der Waals surface area contributed by atoms with Gasteiger partial charge in [0.2, 0.25) is 11.7 Å². The van der Waals surface area contributed by atoms with Gasteiger partial charge in [0.05, 0.1) is 17.5 Å². The van der Waals surface area contributed by atoms with Crippen LogP contribution in [0.25, 0.3) is 10.8 Å². The number of carboxylic acid groups (broad SMARTS) is 1. The first-order chi connectivity index (χ1) is 23.3. The molecule has 0 fully saturated rings. The molecule has 3 N–H and O–H groups in total. The normalized spacial score (nSPS) is 13.1. The topological polar surface area (TPSA) is 147 Å². The lowest BCUT2D eigenvalue weighted by atomic mass is 9.84. The van der Waals surface area contributed by atoms with Gasteiger partial charge >= 0.3 is 5.97 Å². The van der Waals surface area contributed by atoms with E-state index >= 15 is 0 Å². The average Bonchev–Trinajstić information content (AvgIpc) is 3.08. The molecule has 0 aliphatic heterocycles. The largest absolute Gasteiger partial charge is 0.481 e. The van der Waals surface area contributed by atoms with E-state index in [4.69, 9.17) is 0 Å². The van der Waals surface area contributed by atoms with Crippen LogP contribution in [-0.2, 0) is 48.0 Å². The maximum Gasteiger partial charge on any atom is 0.309 e. The molecule has 49 heavy (non-hydrogen) atoms. The summed E-state index contributed by atoms with van der Waals surface area (Å²) in [5, 5.41) is 16.6. The summed E-state index contributed by atoms with van der Waals surface area (Å²) in [6.45, 7) is 4.22. The Balaban J connectivity index is 1.49. The fourth-order valence-corrected chi connectivity index (χ4v) is 5.72. The van der Waals surface area contributed by atoms with E-state index in [9.17, 15) is 33.9 Å². The second-order valence-electron chi connectivity index (χ2n) is 13.1. The highest BCUT2D eigenvalue weighted by Gasteiger charge is 2.35. The van der Waals surface area contributed by atoms with Crippen molar-refractivity contribution >= 4 is 45.9 Å². The van der Waals surface area contributed by atoms with Gasteiger partial charge in [0.1, 0.15) is 5.78 Å². The van der Waals surface area contributed by atoms with E-state index < -0.39 is 52.8 Å². The number of fused-ring (bicyclic) bond motifs is 1. The zero-order valence-corrected chi connectivity index (χ0v) is 28.0. The summed E-state index contributed by atoms with van der Waals surface area (Å²) >= 11 is 0. The quantitative estimate of drug-likeness (QED) is 0.134. The molecule has 254 valence electrons. The first-order valence-corrected chi connectivity index (χ1v) is 16.3. The number of carbonyl (C=O) groups excluding carboxylic acids is 5. The molecule has 0 aromatic heterocycles. The molecule has 3 atom stereocenters. The molecule has 0 bridgehead atoms. The highest BCUT2D eigenvalue weighted by Crippen LogP contribution is 2.25. The van der Waals surface area contributed by atoms with Gasteiger partial charge in [-0.25, -0.2) is 0 Å². The average molecular weight is 663 g/mol. The molecule has 3 unspecified atom stereocenters. The van der Waals surface area contributed by atoms with Gasteiger partial charge in [0.15, 0.2) is 5.78 Å². The first kappa shape index (κ1) is 36.4. The van der Waals surface area contributed by atoms with Crippen molar-refractivity contribution in [3.05, 3.63) is 120 Å². The third-order valence-electron chi connectivity index (χ3n) is 8.58. The molecule has 0 spiro atoms. The molecule has 2 amide bonds. The number of aliphatic carboxylic acids is 1. The Bertz CT molecular complexity index is 1810. The summed E-state index contributed by atoms with van der Waals surface area (Å²) < 4.78 is 0. The van der Waals surface area contributed by atoms with Crippen LogP contribution in [0, 0.1) is 11.3 Å². The second kappa shape index (κ2) is 16.6. The smallest absolute Gasteiger partial charge is 0.309 e. The minimum atomic E-state index is -1.41. The fourth-order valence-electron chi connectivity index (χ4n) is 5.72. The highest BCUT2D eigenvalue weighted by atomic mass is 16.4. The Morgan fingerprint density at radius 3 is 1.96 bits per heavy atom. The summed E-state index contributed by atoms with van der Waals surface area (Å²) in [6.07, 6.45) is -0.0128. The molecule has 0 aliphatic carbocycles. The predicted octanol–water partition coefficient (Wildman–Crippen LogP) is 5.07. The summed E-state index contributed by atoms with van der Waals surface area (Å²) in [7, 11) is 0. The lowest BCUT2D eigenvalue weighted by Gasteiger charge is -2.24. The Hall–Kier alpha value is -5.44. The number of hydrogen-bond acceptors (Lipinski definition) is 6. The van der Waals surface area contributed by atoms with Crippen LogP contribution < -0.4 is 10.6 Å². The molecule has 0 saturated heterocycles. The van der Waals surface area contributed by atoms with E-state index in [1.54, 1.807) is 0 Å². The molecule has 9 nitrogen and oxygen atoms in total. The number of Topliss-reactive ketones (excluding diaryl/α,β-unsaturated/α-hetero) is 3. The molecule has 0 radical (unpaired) electrons. The number of ketones is 3. The van der Waals surface area contributed by atoms with Crippen LogP contribution in [0.15, 0.2) is 103 Å². The van der Waals surface area contributed by atoms with E-state index in [1.165, 1.54) is 20.8 Å². The Labute approximate surface area is 286 Å². The third-order valence-corrected chi connectivity index (χ3v) is 8.58. The number of rotatable bonds is 17. The van der Waals surface area contributed by atoms with Crippen molar-refractivity contribution in [2.24, 2.45) is 11.3 Å². The van der Waals surface area contributed by atoms with Gasteiger partial charge in [-0.15, -0.1) is 0 Å². The van der Waals surface area contributed by atoms with Crippen LogP contribution in [-0.4, -0.2) is 52.3 Å². The molecular formula is C40H42N2O7. The van der Waals surface area contributed by atoms with Crippen LogP contribution in [0.3, 0.4) is 0 Å². The standard InChI is InChI=1S/C40H42N2O7/c1-26(41-37(46)31(21-27-13-6-4-7-14-27)23-32(43)22-28-15-8-5-9-16-28)36(45)38(47)42-34(35(44)25-40(2,3)39(48)49)24-30-19-12-18-29-17-10-11-20-33(29)30/h4-20,26,31,34H,21-25H2,1-3H3,(H,41,46)(H,42,47)(H,48,49). The summed E-state index contributed by atoms with van der Waals surface area (Å²) in [6, 6.07) is 29.0. The van der Waals surface area contributed by atoms with Gasteiger partial charge in [-0.3, -0.25) is 28.8 Å². The monoisotopic (exact) mass is 662 g/mol. The van der Waals surface area contributed by atoms with Crippen LogP contribution >= 0.6 is 0 Å². The molecule has 4 rings (SSSR count). The summed E-state index contributed by atoms with van der Waals surface area (Å²) in [5.74, 6) is -5.26. The Kier molecular flexibility index (Phi) is 12.3. The predicted molar refractivity (Wildman–Crippen MR) is 187 cm³/mol. The van der Waals surface area contributed by atoms with Gasteiger partial charge in [0, 0.05) is 31.6 Å². The Morgan fingerprint density at radius 2 is 1.31 bits per heavy atom. The molecule has 4 aromatic rings. The molecular weight excluding hydrogens is 620 g/mol. The summed E-state index contributed by atoms with van der Waals surface area (Å²) in [5.41, 5.74) is 0.995. The molecule has 9 heteroatoms. The van der Waals surface area contributed by atoms with Crippen molar-refractivity contribution in [2.45, 2.75) is 65.0 Å². The van der Waals surface area contributed by atoms with Gasteiger partial charge in [-0.05, 0) is 54.7 Å². The van der Waals surface area contributed by atoms with Crippen LogP contribution in [0.5, 0.6) is 0 Å². The number of benzene rings is 4. The van der Waals surface area contributed by atoms with E-state index in [1.807, 2.05) is 103 Å². The number of carboxylic acids is 1. The van der Waals surface area contributed by atoms with Gasteiger partial charge in [-0.1, -0.05) is 103 Å². The van der Waals surface area contributed by atoms with E-state index in [0.717, 1.165) is 27.5 Å². The molecule has 4 aromatic carbocycles. The van der Waals surface area contributed by atoms with Crippen LogP contribution in [0.2, 0.25) is 0 Å². The van der Waals surface area contributed by atoms with Crippen molar-refractivity contribution in [3.8, 4) is 0 Å². The zero-order valence-electron chi connectivity index (χ0n) is 28.0. The Morgan fingerprint density at radius 1 is 0.714 bits per heavy atom. The van der Waals surface area contributed by atoms with Crippen LogP contribution in [0.4, 0.5) is 0 Å². The van der Waals surface area contributed by atoms with Gasteiger partial charge < -0.3 is 15.7 Å². The number of amides is 2. The summed E-state index contributed by atoms with van der Waals surface area (Å²) in [4.78, 5) is 78.6. The minimum Gasteiger partial charge on any atom is -0.481 e. The maximum atomic E-state index is 13.5. The van der Waals surface area contributed by atoms with E-state index in [2.05, 4.69) is 10.6 Å². The molecule has 0 aliphatic rings. The van der Waals surface area contributed by atoms with E-state index in [-0.39, 0.29) is 37.9 Å². The third kappa shape index (κ3) is 10.3. The van der Waals surface area contributed by atoms with Gasteiger partial charge in [0.25, 0.3) is 5.91 Å². The van der Waals surface area contributed by atoms with Crippen molar-refractivity contribution in [1.82, 2.24) is 10.6 Å². The maximum absolute atomic E-state index is 13.5. The number of hydrogen-bond donors (Lipinski definition) is 3. The van der Waals surface area contributed by atoms with Crippen molar-refractivity contribution in [3.63, 3.8) is 0 Å². The van der Waals surface area contributed by atoms with Crippen LogP contribution in [0.1, 0.15) is 50.3 Å². The lowest BCUT2D eigenvalue weighted by molar-refractivity contribution is -0.149. The highest BCUT2D eigenvalue weighted by molar-refractivity contribution is 6.38. The SMILES string of the molecule is CC(NC(=O)C(CC(=O)Cc1ccccc1)Cc1ccccc1)C(=O)C(=O)NC(Cc1cccc2ccccc12)C(=O)CC(C)(C)C(=O)O. The second-order valence-corrected chi connectivity index (χ2v) is 13.1.